The van der Waals surface area contributed by atoms with Crippen molar-refractivity contribution in [2.75, 3.05) is 13.7 Å². The van der Waals surface area contributed by atoms with Gasteiger partial charge in [0.1, 0.15) is 11.7 Å². The SMILES string of the molecule is CCOC(=O)C1C(C)=NC2=C(C(=O)C[C@H](c3ccc(OC)cc3)C2)[C@H]1c1ccncc1. The van der Waals surface area contributed by atoms with E-state index >= 15 is 0 Å². The lowest BCUT2D eigenvalue weighted by Crippen LogP contribution is -2.38. The van der Waals surface area contributed by atoms with Crippen LogP contribution in [0.2, 0.25) is 0 Å². The van der Waals surface area contributed by atoms with Gasteiger partial charge in [0.2, 0.25) is 0 Å². The van der Waals surface area contributed by atoms with Crippen LogP contribution in [-0.4, -0.2) is 36.2 Å². The second kappa shape index (κ2) is 8.84. The fourth-order valence-electron chi connectivity index (χ4n) is 4.64. The number of rotatable bonds is 5. The first-order valence-electron chi connectivity index (χ1n) is 10.5. The van der Waals surface area contributed by atoms with E-state index in [1.54, 1.807) is 26.4 Å². The zero-order valence-electron chi connectivity index (χ0n) is 18.0. The molecule has 1 aromatic heterocycles. The molecule has 160 valence electrons. The van der Waals surface area contributed by atoms with Gasteiger partial charge < -0.3 is 9.47 Å². The molecule has 3 atom stereocenters. The topological polar surface area (TPSA) is 77.8 Å². The molecular weight excluding hydrogens is 392 g/mol. The normalized spacial score (nSPS) is 23.1. The van der Waals surface area contributed by atoms with Gasteiger partial charge in [-0.25, -0.2) is 0 Å². The van der Waals surface area contributed by atoms with E-state index in [1.807, 2.05) is 43.3 Å². The van der Waals surface area contributed by atoms with Crippen molar-refractivity contribution in [2.45, 2.75) is 38.5 Å². The maximum atomic E-state index is 13.4. The van der Waals surface area contributed by atoms with Crippen LogP contribution >= 0.6 is 0 Å². The first-order chi connectivity index (χ1) is 15.0. The van der Waals surface area contributed by atoms with Crippen molar-refractivity contribution in [3.8, 4) is 5.75 Å². The third-order valence-corrected chi connectivity index (χ3v) is 6.08. The van der Waals surface area contributed by atoms with Gasteiger partial charge in [0, 0.05) is 41.7 Å². The molecule has 0 radical (unpaired) electrons. The van der Waals surface area contributed by atoms with Crippen LogP contribution in [0.25, 0.3) is 0 Å². The molecule has 0 saturated carbocycles. The summed E-state index contributed by atoms with van der Waals surface area (Å²) in [6.45, 7) is 3.91. The van der Waals surface area contributed by atoms with E-state index in [4.69, 9.17) is 14.5 Å². The molecule has 1 unspecified atom stereocenters. The van der Waals surface area contributed by atoms with Gasteiger partial charge in [-0.15, -0.1) is 0 Å². The Balaban J connectivity index is 1.75. The molecule has 6 nitrogen and oxygen atoms in total. The Kier molecular flexibility index (Phi) is 5.98. The Morgan fingerprint density at radius 1 is 1.06 bits per heavy atom. The summed E-state index contributed by atoms with van der Waals surface area (Å²) in [5.41, 5.74) is 4.06. The summed E-state index contributed by atoms with van der Waals surface area (Å²) in [5, 5.41) is 0. The van der Waals surface area contributed by atoms with Crippen molar-refractivity contribution in [1.82, 2.24) is 4.98 Å². The Morgan fingerprint density at radius 3 is 2.42 bits per heavy atom. The first-order valence-corrected chi connectivity index (χ1v) is 10.5. The molecule has 1 aliphatic heterocycles. The highest BCUT2D eigenvalue weighted by Gasteiger charge is 2.44. The van der Waals surface area contributed by atoms with Gasteiger partial charge in [-0.3, -0.25) is 19.6 Å². The lowest BCUT2D eigenvalue weighted by atomic mass is 9.69. The van der Waals surface area contributed by atoms with Crippen LogP contribution in [0.1, 0.15) is 49.7 Å². The number of nitrogens with zero attached hydrogens (tertiary/aromatic N) is 2. The largest absolute Gasteiger partial charge is 0.497 e. The van der Waals surface area contributed by atoms with E-state index < -0.39 is 11.8 Å². The van der Waals surface area contributed by atoms with E-state index in [1.165, 1.54) is 0 Å². The maximum Gasteiger partial charge on any atom is 0.315 e. The fourth-order valence-corrected chi connectivity index (χ4v) is 4.64. The summed E-state index contributed by atoms with van der Waals surface area (Å²) in [7, 11) is 1.63. The summed E-state index contributed by atoms with van der Waals surface area (Å²) >= 11 is 0. The van der Waals surface area contributed by atoms with Gasteiger partial charge in [-0.05, 0) is 61.6 Å². The zero-order chi connectivity index (χ0) is 22.0. The van der Waals surface area contributed by atoms with Gasteiger partial charge in [-0.1, -0.05) is 12.1 Å². The smallest absolute Gasteiger partial charge is 0.315 e. The monoisotopic (exact) mass is 418 g/mol. The molecule has 31 heavy (non-hydrogen) atoms. The Morgan fingerprint density at radius 2 is 1.77 bits per heavy atom. The molecule has 2 aliphatic rings. The highest BCUT2D eigenvalue weighted by Crippen LogP contribution is 2.46. The molecule has 4 rings (SSSR count). The third-order valence-electron chi connectivity index (χ3n) is 6.08. The van der Waals surface area contributed by atoms with Gasteiger partial charge in [-0.2, -0.15) is 0 Å². The second-order valence-electron chi connectivity index (χ2n) is 7.90. The Labute approximate surface area is 182 Å². The molecule has 0 spiro atoms. The van der Waals surface area contributed by atoms with Gasteiger partial charge in [0.15, 0.2) is 5.78 Å². The number of aliphatic imine (C=N–C) groups is 1. The quantitative estimate of drug-likeness (QED) is 0.679. The predicted octanol–water partition coefficient (Wildman–Crippen LogP) is 4.23. The van der Waals surface area contributed by atoms with Crippen molar-refractivity contribution in [1.29, 1.82) is 0 Å². The number of Topliss-reactive ketones (excluding diaryl/α,β-unsaturated/α-hetero) is 1. The predicted molar refractivity (Wildman–Crippen MR) is 117 cm³/mol. The second-order valence-corrected chi connectivity index (χ2v) is 7.90. The number of esters is 1. The van der Waals surface area contributed by atoms with E-state index in [-0.39, 0.29) is 24.3 Å². The number of methoxy groups -OCH3 is 1. The van der Waals surface area contributed by atoms with Crippen molar-refractivity contribution in [3.05, 3.63) is 71.2 Å². The van der Waals surface area contributed by atoms with Crippen LogP contribution < -0.4 is 4.74 Å². The highest BCUT2D eigenvalue weighted by atomic mass is 16.5. The number of carbonyl (C=O) groups excluding carboxylic acids is 2. The maximum absolute atomic E-state index is 13.4. The average molecular weight is 418 g/mol. The summed E-state index contributed by atoms with van der Waals surface area (Å²) < 4.78 is 10.6. The molecule has 0 saturated heterocycles. The molecule has 0 fully saturated rings. The number of carbonyl (C=O) groups is 2. The first kappa shape index (κ1) is 21.0. The van der Waals surface area contributed by atoms with Gasteiger partial charge >= 0.3 is 5.97 Å². The van der Waals surface area contributed by atoms with Crippen molar-refractivity contribution < 1.29 is 19.1 Å². The van der Waals surface area contributed by atoms with Gasteiger partial charge in [0.25, 0.3) is 0 Å². The van der Waals surface area contributed by atoms with Crippen molar-refractivity contribution in [2.24, 2.45) is 10.9 Å². The number of ether oxygens (including phenoxy) is 2. The van der Waals surface area contributed by atoms with Crippen LogP contribution in [0, 0.1) is 5.92 Å². The number of hydrogen-bond acceptors (Lipinski definition) is 6. The molecule has 0 amide bonds. The molecule has 2 heterocycles. The summed E-state index contributed by atoms with van der Waals surface area (Å²) in [6, 6.07) is 11.6. The van der Waals surface area contributed by atoms with Crippen LogP contribution in [0.3, 0.4) is 0 Å². The van der Waals surface area contributed by atoms with Crippen molar-refractivity contribution >= 4 is 17.5 Å². The standard InChI is InChI=1S/C25H26N2O4/c1-4-31-25(29)22-15(2)27-20-13-18(16-5-7-19(30-3)8-6-16)14-21(28)24(20)23(22)17-9-11-26-12-10-17/h5-12,18,22-23H,4,13-14H2,1-3H3/t18-,22?,23+/m1/s1. The highest BCUT2D eigenvalue weighted by molar-refractivity contribution is 6.09. The minimum absolute atomic E-state index is 0.0365. The van der Waals surface area contributed by atoms with E-state index in [2.05, 4.69) is 4.98 Å². The summed E-state index contributed by atoms with van der Waals surface area (Å²) in [4.78, 5) is 35.1. The van der Waals surface area contributed by atoms with E-state index in [0.717, 1.165) is 22.6 Å². The summed E-state index contributed by atoms with van der Waals surface area (Å²) in [6.07, 6.45) is 4.41. The number of benzene rings is 1. The molecule has 2 aromatic rings. The minimum atomic E-state index is -0.609. The number of allylic oxidation sites excluding steroid dienone is 2. The zero-order valence-corrected chi connectivity index (χ0v) is 18.0. The van der Waals surface area contributed by atoms with Gasteiger partial charge in [0.05, 0.1) is 13.7 Å². The Hall–Kier alpha value is -3.28. The minimum Gasteiger partial charge on any atom is -0.497 e. The van der Waals surface area contributed by atoms with E-state index in [0.29, 0.717) is 24.1 Å². The number of aromatic nitrogens is 1. The molecule has 1 aromatic carbocycles. The third kappa shape index (κ3) is 4.02. The molecule has 0 N–H and O–H groups in total. The number of hydrogen-bond donors (Lipinski definition) is 0. The fraction of sp³-hybridized carbons (Fsp3) is 0.360. The Bertz CT molecular complexity index is 1040. The lowest BCUT2D eigenvalue weighted by molar-refractivity contribution is -0.146. The molecule has 0 bridgehead atoms. The average Bonchev–Trinajstić information content (AvgIpc) is 2.78. The molecule has 6 heteroatoms. The number of ketones is 1. The van der Waals surface area contributed by atoms with Crippen LogP contribution in [-0.2, 0) is 14.3 Å². The van der Waals surface area contributed by atoms with Crippen LogP contribution in [0.5, 0.6) is 5.75 Å². The van der Waals surface area contributed by atoms with Crippen LogP contribution in [0.15, 0.2) is 65.1 Å². The molecular formula is C25H26N2O4. The number of pyridine rings is 1. The van der Waals surface area contributed by atoms with Crippen molar-refractivity contribution in [3.63, 3.8) is 0 Å². The summed E-state index contributed by atoms with van der Waals surface area (Å²) in [5.74, 6) is -0.489. The molecule has 1 aliphatic carbocycles. The van der Waals surface area contributed by atoms with Crippen LogP contribution in [0.4, 0.5) is 0 Å². The lowest BCUT2D eigenvalue weighted by Gasteiger charge is -2.36. The van der Waals surface area contributed by atoms with E-state index in [9.17, 15) is 9.59 Å².